The van der Waals surface area contributed by atoms with Crippen LogP contribution < -0.4 is 5.32 Å². The van der Waals surface area contributed by atoms with Gasteiger partial charge in [0.15, 0.2) is 5.13 Å². The minimum Gasteiger partial charge on any atom is -0.449 e. The van der Waals surface area contributed by atoms with Gasteiger partial charge in [0.25, 0.3) is 0 Å². The molecular formula is C12H14N2O2S. The lowest BCUT2D eigenvalue weighted by Crippen LogP contribution is -2.13. The van der Waals surface area contributed by atoms with E-state index in [9.17, 15) is 4.79 Å². The van der Waals surface area contributed by atoms with Crippen LogP contribution in [0.1, 0.15) is 19.8 Å². The van der Waals surface area contributed by atoms with Crippen molar-refractivity contribution < 1.29 is 9.53 Å². The van der Waals surface area contributed by atoms with Crippen LogP contribution in [-0.4, -0.2) is 17.7 Å². The second-order valence-electron chi connectivity index (χ2n) is 3.60. The van der Waals surface area contributed by atoms with Gasteiger partial charge in [0.1, 0.15) is 0 Å². The summed E-state index contributed by atoms with van der Waals surface area (Å²) in [5.74, 6) is 0. The maximum atomic E-state index is 11.4. The monoisotopic (exact) mass is 250 g/mol. The van der Waals surface area contributed by atoms with Crippen LogP contribution in [0.5, 0.6) is 0 Å². The number of carbonyl (C=O) groups is 1. The average Bonchev–Trinajstić information content (AvgIpc) is 2.71. The van der Waals surface area contributed by atoms with Crippen molar-refractivity contribution in [3.05, 3.63) is 24.3 Å². The predicted octanol–water partition coefficient (Wildman–Crippen LogP) is 3.64. The van der Waals surface area contributed by atoms with Crippen LogP contribution in [0.3, 0.4) is 0 Å². The molecule has 0 spiro atoms. The van der Waals surface area contributed by atoms with Crippen molar-refractivity contribution in [3.8, 4) is 0 Å². The first kappa shape index (κ1) is 11.9. The van der Waals surface area contributed by atoms with Gasteiger partial charge < -0.3 is 4.74 Å². The highest BCUT2D eigenvalue weighted by molar-refractivity contribution is 7.22. The summed E-state index contributed by atoms with van der Waals surface area (Å²) in [5.41, 5.74) is 0.890. The first-order valence-electron chi connectivity index (χ1n) is 5.59. The SMILES string of the molecule is CCCCOC(=O)Nc1nc2ccccc2s1. The van der Waals surface area contributed by atoms with Crippen molar-refractivity contribution in [2.24, 2.45) is 0 Å². The largest absolute Gasteiger partial charge is 0.449 e. The third kappa shape index (κ3) is 3.17. The molecule has 1 aromatic carbocycles. The normalized spacial score (nSPS) is 10.4. The number of aromatic nitrogens is 1. The summed E-state index contributed by atoms with van der Waals surface area (Å²) in [6.45, 7) is 2.50. The molecule has 0 aliphatic carbocycles. The Balaban J connectivity index is 1.96. The number of nitrogens with zero attached hydrogens (tertiary/aromatic N) is 1. The maximum absolute atomic E-state index is 11.4. The van der Waals surface area contributed by atoms with Crippen LogP contribution >= 0.6 is 11.3 Å². The summed E-state index contributed by atoms with van der Waals surface area (Å²) in [4.78, 5) is 15.7. The van der Waals surface area contributed by atoms with Crippen LogP contribution in [0.2, 0.25) is 0 Å². The van der Waals surface area contributed by atoms with Crippen LogP contribution in [0.25, 0.3) is 10.2 Å². The molecule has 2 aromatic rings. The van der Waals surface area contributed by atoms with E-state index in [0.717, 1.165) is 23.1 Å². The molecule has 17 heavy (non-hydrogen) atoms. The summed E-state index contributed by atoms with van der Waals surface area (Å²) < 4.78 is 6.05. The minimum atomic E-state index is -0.433. The zero-order chi connectivity index (χ0) is 12.1. The van der Waals surface area contributed by atoms with Crippen LogP contribution in [0.4, 0.5) is 9.93 Å². The smallest absolute Gasteiger partial charge is 0.413 e. The Labute approximate surface area is 104 Å². The Hall–Kier alpha value is -1.62. The number of rotatable bonds is 4. The lowest BCUT2D eigenvalue weighted by atomic mass is 10.3. The second-order valence-corrected chi connectivity index (χ2v) is 4.63. The molecule has 4 nitrogen and oxygen atoms in total. The number of hydrogen-bond donors (Lipinski definition) is 1. The Morgan fingerprint density at radius 3 is 3.06 bits per heavy atom. The molecule has 0 fully saturated rings. The van der Waals surface area contributed by atoms with E-state index in [2.05, 4.69) is 17.2 Å². The molecule has 5 heteroatoms. The lowest BCUT2D eigenvalue weighted by molar-refractivity contribution is 0.160. The van der Waals surface area contributed by atoms with Gasteiger partial charge in [-0.2, -0.15) is 0 Å². The van der Waals surface area contributed by atoms with Gasteiger partial charge in [-0.15, -0.1) is 0 Å². The van der Waals surface area contributed by atoms with E-state index in [0.29, 0.717) is 11.7 Å². The van der Waals surface area contributed by atoms with Crippen molar-refractivity contribution >= 4 is 32.8 Å². The molecule has 0 unspecified atom stereocenters. The number of thiazole rings is 1. The van der Waals surface area contributed by atoms with Gasteiger partial charge in [-0.05, 0) is 18.6 Å². The van der Waals surface area contributed by atoms with E-state index in [1.807, 2.05) is 24.3 Å². The number of benzene rings is 1. The van der Waals surface area contributed by atoms with E-state index < -0.39 is 6.09 Å². The summed E-state index contributed by atoms with van der Waals surface area (Å²) >= 11 is 1.44. The number of carbonyl (C=O) groups excluding carboxylic acids is 1. The van der Waals surface area contributed by atoms with E-state index >= 15 is 0 Å². The van der Waals surface area contributed by atoms with Crippen LogP contribution in [-0.2, 0) is 4.74 Å². The first-order valence-corrected chi connectivity index (χ1v) is 6.40. The molecule has 2 rings (SSSR count). The number of para-hydroxylation sites is 1. The summed E-state index contributed by atoms with van der Waals surface area (Å²) in [5, 5.41) is 3.21. The van der Waals surface area contributed by atoms with Gasteiger partial charge in [-0.3, -0.25) is 5.32 Å². The topological polar surface area (TPSA) is 51.2 Å². The van der Waals surface area contributed by atoms with Crippen LogP contribution in [0.15, 0.2) is 24.3 Å². The molecule has 0 bridgehead atoms. The molecule has 1 heterocycles. The third-order valence-corrected chi connectivity index (χ3v) is 3.19. The van der Waals surface area contributed by atoms with E-state index in [1.165, 1.54) is 11.3 Å². The molecule has 0 atom stereocenters. The molecule has 90 valence electrons. The van der Waals surface area contributed by atoms with Crippen LogP contribution in [0, 0.1) is 0 Å². The van der Waals surface area contributed by atoms with Gasteiger partial charge in [0.2, 0.25) is 0 Å². The minimum absolute atomic E-state index is 0.433. The summed E-state index contributed by atoms with van der Waals surface area (Å²) in [6.07, 6.45) is 1.46. The number of ether oxygens (including phenoxy) is 1. The summed E-state index contributed by atoms with van der Waals surface area (Å²) in [6, 6.07) is 7.76. The first-order chi connectivity index (χ1) is 8.29. The molecule has 0 aliphatic heterocycles. The highest BCUT2D eigenvalue weighted by Crippen LogP contribution is 2.25. The van der Waals surface area contributed by atoms with E-state index in [1.54, 1.807) is 0 Å². The third-order valence-electron chi connectivity index (χ3n) is 2.23. The molecule has 1 N–H and O–H groups in total. The molecule has 0 saturated carbocycles. The Kier molecular flexibility index (Phi) is 3.93. The quantitative estimate of drug-likeness (QED) is 0.843. The fraction of sp³-hybridized carbons (Fsp3) is 0.333. The highest BCUT2D eigenvalue weighted by atomic mass is 32.1. The van der Waals surface area contributed by atoms with Crippen molar-refractivity contribution in [2.75, 3.05) is 11.9 Å². The number of fused-ring (bicyclic) bond motifs is 1. The molecule has 1 amide bonds. The zero-order valence-electron chi connectivity index (χ0n) is 9.60. The Bertz CT molecular complexity index is 477. The van der Waals surface area contributed by atoms with Crippen molar-refractivity contribution in [3.63, 3.8) is 0 Å². The zero-order valence-corrected chi connectivity index (χ0v) is 10.4. The number of anilines is 1. The predicted molar refractivity (Wildman–Crippen MR) is 69.5 cm³/mol. The number of amides is 1. The fourth-order valence-corrected chi connectivity index (χ4v) is 2.21. The number of unbranched alkanes of at least 4 members (excludes halogenated alkanes) is 1. The molecular weight excluding hydrogens is 236 g/mol. The van der Waals surface area contributed by atoms with Gasteiger partial charge >= 0.3 is 6.09 Å². The van der Waals surface area contributed by atoms with Gasteiger partial charge in [-0.1, -0.05) is 36.8 Å². The highest BCUT2D eigenvalue weighted by Gasteiger charge is 2.07. The van der Waals surface area contributed by atoms with Crippen molar-refractivity contribution in [1.29, 1.82) is 0 Å². The molecule has 0 radical (unpaired) electrons. The number of nitrogens with one attached hydrogen (secondary N) is 1. The molecule has 0 saturated heterocycles. The Morgan fingerprint density at radius 1 is 1.47 bits per heavy atom. The Morgan fingerprint density at radius 2 is 2.29 bits per heavy atom. The summed E-state index contributed by atoms with van der Waals surface area (Å²) in [7, 11) is 0. The fourth-order valence-electron chi connectivity index (χ4n) is 1.36. The number of hydrogen-bond acceptors (Lipinski definition) is 4. The van der Waals surface area contributed by atoms with Crippen molar-refractivity contribution in [2.45, 2.75) is 19.8 Å². The second kappa shape index (κ2) is 5.63. The lowest BCUT2D eigenvalue weighted by Gasteiger charge is -2.02. The standard InChI is InChI=1S/C12H14N2O2S/c1-2-3-8-16-12(15)14-11-13-9-6-4-5-7-10(9)17-11/h4-7H,2-3,8H2,1H3,(H,13,14,15). The van der Waals surface area contributed by atoms with Gasteiger partial charge in [0.05, 0.1) is 16.8 Å². The van der Waals surface area contributed by atoms with Gasteiger partial charge in [0, 0.05) is 0 Å². The van der Waals surface area contributed by atoms with Gasteiger partial charge in [-0.25, -0.2) is 9.78 Å². The van der Waals surface area contributed by atoms with E-state index in [4.69, 9.17) is 4.74 Å². The van der Waals surface area contributed by atoms with Crippen molar-refractivity contribution in [1.82, 2.24) is 4.98 Å². The maximum Gasteiger partial charge on any atom is 0.413 e. The molecule has 1 aromatic heterocycles. The molecule has 0 aliphatic rings. The average molecular weight is 250 g/mol. The van der Waals surface area contributed by atoms with E-state index in [-0.39, 0.29) is 0 Å².